The third-order valence-electron chi connectivity index (χ3n) is 6.36. The molecule has 1 fully saturated rings. The molecule has 0 saturated carbocycles. The van der Waals surface area contributed by atoms with Crippen LogP contribution in [0, 0.1) is 5.92 Å². The summed E-state index contributed by atoms with van der Waals surface area (Å²) in [7, 11) is 1.50. The van der Waals surface area contributed by atoms with Crippen molar-refractivity contribution in [1.29, 1.82) is 0 Å². The zero-order valence-electron chi connectivity index (χ0n) is 22.7. The molecule has 4 heteroatoms. The van der Waals surface area contributed by atoms with Crippen LogP contribution in [0.25, 0.3) is 6.08 Å². The summed E-state index contributed by atoms with van der Waals surface area (Å²) >= 11 is 6.44. The average molecular weight is 498 g/mol. The Bertz CT molecular complexity index is 860. The van der Waals surface area contributed by atoms with Gasteiger partial charge in [-0.2, -0.15) is 0 Å². The van der Waals surface area contributed by atoms with Crippen LogP contribution in [0.1, 0.15) is 76.8 Å². The molecular weight excluding hydrogens is 450 g/mol. The highest BCUT2D eigenvalue weighted by Gasteiger charge is 2.22. The summed E-state index contributed by atoms with van der Waals surface area (Å²) in [5.41, 5.74) is 9.68. The van der Waals surface area contributed by atoms with Crippen LogP contribution in [-0.4, -0.2) is 31.6 Å². The number of nitrogens with zero attached hydrogens (tertiary/aromatic N) is 1. The van der Waals surface area contributed by atoms with Crippen LogP contribution >= 0.6 is 11.6 Å². The van der Waals surface area contributed by atoms with Gasteiger partial charge < -0.3 is 16.0 Å². The van der Waals surface area contributed by atoms with Gasteiger partial charge in [0.15, 0.2) is 0 Å². The minimum Gasteiger partial charge on any atom is -0.352 e. The fraction of sp³-hybridized carbons (Fsp3) is 0.484. The minimum atomic E-state index is 0.501. The molecule has 1 heterocycles. The molecule has 35 heavy (non-hydrogen) atoms. The first-order valence-corrected chi connectivity index (χ1v) is 13.4. The largest absolute Gasteiger partial charge is 0.352 e. The molecule has 1 aliphatic heterocycles. The lowest BCUT2D eigenvalue weighted by Gasteiger charge is -2.28. The molecule has 0 amide bonds. The number of allylic oxidation sites excluding steroid dienone is 6. The standard InChI is InChI=1S/C30H43ClN2.CH5N/c1-6-8-11-25(5)21-28(22-26-15-17-32-18-16-26)30-14-13-29(31)23-27(30)12-9-10-20-33(19-7-2)24(3)4;1-2/h6-9,11-14,19,23,26,28,32H,3,10,15-18,20-22H2,1-2,4-5H3;2H2,1H3/b8-6-,12-9+,19-7-,25-11-;. The Morgan fingerprint density at radius 2 is 1.91 bits per heavy atom. The molecule has 0 spiro atoms. The van der Waals surface area contributed by atoms with Crippen molar-refractivity contribution >= 4 is 17.7 Å². The Morgan fingerprint density at radius 3 is 2.54 bits per heavy atom. The molecule has 0 radical (unpaired) electrons. The molecule has 1 aromatic carbocycles. The molecule has 194 valence electrons. The minimum absolute atomic E-state index is 0.501. The summed E-state index contributed by atoms with van der Waals surface area (Å²) < 4.78 is 0. The quantitative estimate of drug-likeness (QED) is 0.287. The second-order valence-corrected chi connectivity index (χ2v) is 9.68. The Hall–Kier alpha value is -2.07. The zero-order valence-corrected chi connectivity index (χ0v) is 23.5. The van der Waals surface area contributed by atoms with Gasteiger partial charge in [0.25, 0.3) is 0 Å². The molecule has 1 saturated heterocycles. The third-order valence-corrected chi connectivity index (χ3v) is 6.60. The molecule has 2 rings (SSSR count). The Kier molecular flexibility index (Phi) is 16.1. The lowest BCUT2D eigenvalue weighted by atomic mass is 9.79. The van der Waals surface area contributed by atoms with Crippen LogP contribution < -0.4 is 11.1 Å². The van der Waals surface area contributed by atoms with E-state index in [9.17, 15) is 0 Å². The summed E-state index contributed by atoms with van der Waals surface area (Å²) in [6.45, 7) is 15.7. The monoisotopic (exact) mass is 497 g/mol. The van der Waals surface area contributed by atoms with Crippen LogP contribution in [0.2, 0.25) is 5.02 Å². The van der Waals surface area contributed by atoms with Crippen molar-refractivity contribution in [3.05, 3.63) is 88.8 Å². The van der Waals surface area contributed by atoms with Crippen molar-refractivity contribution in [2.45, 2.75) is 65.7 Å². The van der Waals surface area contributed by atoms with E-state index in [4.69, 9.17) is 11.6 Å². The van der Waals surface area contributed by atoms with Crippen molar-refractivity contribution in [2.75, 3.05) is 26.7 Å². The molecule has 0 aliphatic carbocycles. The van der Waals surface area contributed by atoms with E-state index >= 15 is 0 Å². The van der Waals surface area contributed by atoms with Gasteiger partial charge in [-0.25, -0.2) is 0 Å². The lowest BCUT2D eigenvalue weighted by Crippen LogP contribution is -2.28. The molecule has 0 bridgehead atoms. The number of piperidine rings is 1. The van der Waals surface area contributed by atoms with Gasteiger partial charge >= 0.3 is 0 Å². The van der Waals surface area contributed by atoms with Crippen molar-refractivity contribution in [2.24, 2.45) is 11.7 Å². The fourth-order valence-electron chi connectivity index (χ4n) is 4.62. The molecule has 1 aliphatic rings. The number of nitrogens with two attached hydrogens (primary N) is 1. The summed E-state index contributed by atoms with van der Waals surface area (Å²) in [5, 5.41) is 4.31. The van der Waals surface area contributed by atoms with Gasteiger partial charge in [0.1, 0.15) is 0 Å². The van der Waals surface area contributed by atoms with Gasteiger partial charge in [0.05, 0.1) is 0 Å². The summed E-state index contributed by atoms with van der Waals surface area (Å²) in [4.78, 5) is 2.19. The van der Waals surface area contributed by atoms with Gasteiger partial charge in [-0.3, -0.25) is 0 Å². The predicted molar refractivity (Wildman–Crippen MR) is 158 cm³/mol. The second kappa shape index (κ2) is 18.2. The average Bonchev–Trinajstić information content (AvgIpc) is 2.86. The molecule has 0 aromatic heterocycles. The lowest BCUT2D eigenvalue weighted by molar-refractivity contribution is 0.329. The molecule has 3 N–H and O–H groups in total. The van der Waals surface area contributed by atoms with Crippen molar-refractivity contribution in [3.8, 4) is 0 Å². The summed E-state index contributed by atoms with van der Waals surface area (Å²) in [5.74, 6) is 1.28. The van der Waals surface area contributed by atoms with Gasteiger partial charge in [0, 0.05) is 17.3 Å². The van der Waals surface area contributed by atoms with E-state index in [1.165, 1.54) is 43.0 Å². The van der Waals surface area contributed by atoms with E-state index in [1.807, 2.05) is 13.8 Å². The maximum Gasteiger partial charge on any atom is 0.0412 e. The number of halogens is 1. The van der Waals surface area contributed by atoms with Crippen molar-refractivity contribution in [1.82, 2.24) is 10.2 Å². The van der Waals surface area contributed by atoms with E-state index in [2.05, 4.69) is 97.2 Å². The molecule has 1 unspecified atom stereocenters. The van der Waals surface area contributed by atoms with Crippen molar-refractivity contribution < 1.29 is 0 Å². The Labute approximate surface area is 220 Å². The fourth-order valence-corrected chi connectivity index (χ4v) is 4.80. The number of hydrogen-bond acceptors (Lipinski definition) is 3. The highest BCUT2D eigenvalue weighted by atomic mass is 35.5. The Balaban J connectivity index is 0.00000298. The van der Waals surface area contributed by atoms with Crippen LogP contribution in [0.5, 0.6) is 0 Å². The third kappa shape index (κ3) is 11.9. The van der Waals surface area contributed by atoms with E-state index < -0.39 is 0 Å². The second-order valence-electron chi connectivity index (χ2n) is 9.24. The predicted octanol–water partition coefficient (Wildman–Crippen LogP) is 8.07. The number of nitrogens with one attached hydrogen (secondary N) is 1. The molecular formula is C31H48ClN3. The zero-order chi connectivity index (χ0) is 26.1. The number of hydrogen-bond donors (Lipinski definition) is 2. The van der Waals surface area contributed by atoms with Crippen LogP contribution in [0.15, 0.2) is 72.6 Å². The maximum atomic E-state index is 6.44. The SMILES string of the molecule is C=C(C)N(/C=C\C)CC/C=C/c1cc(Cl)ccc1C(C/C(C)=C\C=C/C)CC1CCNCC1.CN. The van der Waals surface area contributed by atoms with Gasteiger partial charge in [-0.05, 0) is 121 Å². The van der Waals surface area contributed by atoms with E-state index in [0.717, 1.165) is 49.1 Å². The normalized spacial score (nSPS) is 16.0. The highest BCUT2D eigenvalue weighted by Crippen LogP contribution is 2.36. The summed E-state index contributed by atoms with van der Waals surface area (Å²) in [6.07, 6.45) is 21.0. The molecule has 1 aromatic rings. The van der Waals surface area contributed by atoms with Crippen LogP contribution in [0.3, 0.4) is 0 Å². The van der Waals surface area contributed by atoms with Gasteiger partial charge in [-0.1, -0.05) is 66.3 Å². The first-order valence-electron chi connectivity index (χ1n) is 13.0. The maximum absolute atomic E-state index is 6.44. The summed E-state index contributed by atoms with van der Waals surface area (Å²) in [6, 6.07) is 6.45. The van der Waals surface area contributed by atoms with Crippen molar-refractivity contribution in [3.63, 3.8) is 0 Å². The molecule has 1 atom stereocenters. The first kappa shape index (κ1) is 31.0. The smallest absolute Gasteiger partial charge is 0.0412 e. The van der Waals surface area contributed by atoms with Crippen LogP contribution in [0.4, 0.5) is 0 Å². The highest BCUT2D eigenvalue weighted by molar-refractivity contribution is 6.30. The number of rotatable bonds is 12. The Morgan fingerprint density at radius 1 is 1.20 bits per heavy atom. The van der Waals surface area contributed by atoms with Gasteiger partial charge in [0.2, 0.25) is 0 Å². The topological polar surface area (TPSA) is 41.3 Å². The number of benzene rings is 1. The first-order chi connectivity index (χ1) is 16.9. The molecule has 3 nitrogen and oxygen atoms in total. The van der Waals surface area contributed by atoms with Gasteiger partial charge in [-0.15, -0.1) is 0 Å². The van der Waals surface area contributed by atoms with Crippen LogP contribution in [-0.2, 0) is 0 Å². The van der Waals surface area contributed by atoms with E-state index in [1.54, 1.807) is 0 Å². The van der Waals surface area contributed by atoms with E-state index in [0.29, 0.717) is 5.92 Å². The van der Waals surface area contributed by atoms with E-state index in [-0.39, 0.29) is 0 Å².